The topological polar surface area (TPSA) is 85.1 Å². The van der Waals surface area contributed by atoms with E-state index in [4.69, 9.17) is 9.97 Å². The number of fused-ring (bicyclic) bond motifs is 2. The van der Waals surface area contributed by atoms with Crippen molar-refractivity contribution in [2.24, 2.45) is 0 Å². The molecule has 0 unspecified atom stereocenters. The number of aromatic nitrogens is 2. The molecule has 36 heavy (non-hydrogen) atoms. The van der Waals surface area contributed by atoms with Gasteiger partial charge in [-0.3, -0.25) is 4.79 Å². The minimum Gasteiger partial charge on any atom is -0.363 e. The molecule has 1 saturated heterocycles. The number of halogens is 1. The van der Waals surface area contributed by atoms with Crippen LogP contribution in [0.15, 0.2) is 42.5 Å². The van der Waals surface area contributed by atoms with Gasteiger partial charge in [0.1, 0.15) is 22.9 Å². The Morgan fingerprint density at radius 2 is 1.94 bits per heavy atom. The molecule has 0 radical (unpaired) electrons. The summed E-state index contributed by atoms with van der Waals surface area (Å²) in [5.74, 6) is 0.649. The minimum absolute atomic E-state index is 0.126. The molecule has 184 valence electrons. The first-order chi connectivity index (χ1) is 17.2. The smallest absolute Gasteiger partial charge is 0.241 e. The van der Waals surface area contributed by atoms with Gasteiger partial charge in [-0.2, -0.15) is 5.26 Å². The van der Waals surface area contributed by atoms with Gasteiger partial charge in [-0.15, -0.1) is 0 Å². The van der Waals surface area contributed by atoms with Crippen LogP contribution in [0.4, 0.5) is 15.9 Å². The lowest BCUT2D eigenvalue weighted by Gasteiger charge is -2.41. The number of amides is 1. The van der Waals surface area contributed by atoms with E-state index < -0.39 is 11.2 Å². The first-order valence-electron chi connectivity index (χ1n) is 12.1. The Labute approximate surface area is 210 Å². The number of nitrogens with one attached hydrogen (secondary N) is 1. The van der Waals surface area contributed by atoms with Gasteiger partial charge >= 0.3 is 0 Å². The lowest BCUT2D eigenvalue weighted by Crippen LogP contribution is -2.53. The molecule has 3 heterocycles. The highest BCUT2D eigenvalue weighted by Crippen LogP contribution is 2.44. The molecule has 1 amide bonds. The summed E-state index contributed by atoms with van der Waals surface area (Å²) in [5.41, 5.74) is 3.47. The summed E-state index contributed by atoms with van der Waals surface area (Å²) in [6, 6.07) is 14.2. The fraction of sp³-hybridized carbons (Fsp3) is 0.357. The molecule has 8 heteroatoms. The largest absolute Gasteiger partial charge is 0.363 e. The quantitative estimate of drug-likeness (QED) is 0.591. The molecule has 7 nitrogen and oxygen atoms in total. The van der Waals surface area contributed by atoms with Crippen LogP contribution in [0.1, 0.15) is 53.2 Å². The molecular weight excluding hydrogens is 455 g/mol. The highest BCUT2D eigenvalue weighted by Gasteiger charge is 2.53. The molecule has 2 aliphatic heterocycles. The lowest BCUT2D eigenvalue weighted by atomic mass is 9.76. The molecule has 0 bridgehead atoms. The van der Waals surface area contributed by atoms with Crippen LogP contribution in [0.3, 0.4) is 0 Å². The van der Waals surface area contributed by atoms with Gasteiger partial charge in [0.25, 0.3) is 0 Å². The maximum atomic E-state index is 14.9. The molecule has 1 aromatic heterocycles. The number of likely N-dealkylation sites (N-methyl/N-ethyl adjacent to an activating group) is 1. The van der Waals surface area contributed by atoms with E-state index in [0.29, 0.717) is 30.2 Å². The van der Waals surface area contributed by atoms with Crippen LogP contribution in [-0.2, 0) is 16.8 Å². The summed E-state index contributed by atoms with van der Waals surface area (Å²) in [6.45, 7) is 7.23. The van der Waals surface area contributed by atoms with E-state index in [1.54, 1.807) is 29.2 Å². The molecule has 2 aliphatic rings. The Kier molecular flexibility index (Phi) is 5.97. The van der Waals surface area contributed by atoms with Crippen LogP contribution >= 0.6 is 0 Å². The number of likely N-dealkylation sites (tertiary alicyclic amines) is 1. The van der Waals surface area contributed by atoms with Crippen LogP contribution in [-0.4, -0.2) is 40.9 Å². The zero-order valence-electron chi connectivity index (χ0n) is 21.0. The van der Waals surface area contributed by atoms with Crippen molar-refractivity contribution in [3.05, 3.63) is 82.1 Å². The van der Waals surface area contributed by atoms with Gasteiger partial charge in [0.2, 0.25) is 5.91 Å². The summed E-state index contributed by atoms with van der Waals surface area (Å²) in [5, 5.41) is 13.0. The van der Waals surface area contributed by atoms with E-state index in [9.17, 15) is 14.4 Å². The van der Waals surface area contributed by atoms with Crippen LogP contribution in [0.25, 0.3) is 0 Å². The number of para-hydroxylation sites is 1. The third-order valence-corrected chi connectivity index (χ3v) is 7.46. The number of benzene rings is 2. The van der Waals surface area contributed by atoms with Gasteiger partial charge in [-0.05, 0) is 70.1 Å². The van der Waals surface area contributed by atoms with E-state index in [0.717, 1.165) is 28.9 Å². The number of carbonyl (C=O) groups is 1. The Bertz CT molecular complexity index is 1400. The van der Waals surface area contributed by atoms with E-state index in [2.05, 4.69) is 16.3 Å². The van der Waals surface area contributed by atoms with E-state index in [1.165, 1.54) is 6.07 Å². The van der Waals surface area contributed by atoms with Gasteiger partial charge in [0, 0.05) is 12.1 Å². The van der Waals surface area contributed by atoms with Crippen molar-refractivity contribution >= 4 is 17.4 Å². The maximum absolute atomic E-state index is 14.9. The number of hydrogen-bond acceptors (Lipinski definition) is 6. The zero-order valence-corrected chi connectivity index (χ0v) is 21.0. The predicted molar refractivity (Wildman–Crippen MR) is 136 cm³/mol. The molecule has 0 saturated carbocycles. The summed E-state index contributed by atoms with van der Waals surface area (Å²) < 4.78 is 14.9. The number of rotatable bonds is 4. The highest BCUT2D eigenvalue weighted by atomic mass is 19.1. The standard InChI is InChI=1S/C28H29FN6O/c1-17-20(14-30)8-7-9-21(17)18(2)31-26-22-15-35(24-11-6-5-10-23(24)29)27(36)28(12-13-34(4)16-28)25(22)32-19(3)33-26/h5-11,18H,12-13,15-16H2,1-4H3,(H,31,32,33)/t18-,28+/m1/s1. The number of nitriles is 1. The highest BCUT2D eigenvalue weighted by molar-refractivity contribution is 6.03. The molecule has 1 fully saturated rings. The number of anilines is 2. The first kappa shape index (κ1) is 23.9. The zero-order chi connectivity index (χ0) is 25.6. The predicted octanol–water partition coefficient (Wildman–Crippen LogP) is 4.40. The molecule has 2 atom stereocenters. The molecule has 0 aliphatic carbocycles. The molecule has 3 aromatic rings. The van der Waals surface area contributed by atoms with Crippen LogP contribution in [0, 0.1) is 31.0 Å². The summed E-state index contributed by atoms with van der Waals surface area (Å²) in [4.78, 5) is 27.2. The number of carbonyl (C=O) groups excluding carboxylic acids is 1. The second-order valence-electron chi connectivity index (χ2n) is 9.86. The van der Waals surface area contributed by atoms with Crippen LogP contribution < -0.4 is 10.2 Å². The minimum atomic E-state index is -0.866. The summed E-state index contributed by atoms with van der Waals surface area (Å²) in [7, 11) is 1.99. The van der Waals surface area contributed by atoms with E-state index in [-0.39, 0.29) is 24.2 Å². The second-order valence-corrected chi connectivity index (χ2v) is 9.86. The Balaban J connectivity index is 1.64. The van der Waals surface area contributed by atoms with Crippen molar-refractivity contribution in [3.63, 3.8) is 0 Å². The Morgan fingerprint density at radius 1 is 1.17 bits per heavy atom. The number of hydrogen-bond donors (Lipinski definition) is 1. The average molecular weight is 485 g/mol. The van der Waals surface area contributed by atoms with Crippen molar-refractivity contribution in [1.29, 1.82) is 5.26 Å². The second kappa shape index (κ2) is 8.99. The van der Waals surface area contributed by atoms with Crippen LogP contribution in [0.2, 0.25) is 0 Å². The fourth-order valence-corrected chi connectivity index (χ4v) is 5.61. The molecule has 1 N–H and O–H groups in total. The lowest BCUT2D eigenvalue weighted by molar-refractivity contribution is -0.124. The van der Waals surface area contributed by atoms with Gasteiger partial charge in [-0.1, -0.05) is 24.3 Å². The Hall–Kier alpha value is -3.83. The Morgan fingerprint density at radius 3 is 2.64 bits per heavy atom. The van der Waals surface area contributed by atoms with Gasteiger partial charge in [0.15, 0.2) is 0 Å². The first-order valence-corrected chi connectivity index (χ1v) is 12.1. The molecular formula is C28H29FN6O. The monoisotopic (exact) mass is 484 g/mol. The van der Waals surface area contributed by atoms with Gasteiger partial charge < -0.3 is 15.1 Å². The van der Waals surface area contributed by atoms with Crippen molar-refractivity contribution < 1.29 is 9.18 Å². The normalized spacial score (nSPS) is 20.3. The molecule has 5 rings (SSSR count). The van der Waals surface area contributed by atoms with Crippen molar-refractivity contribution in [2.45, 2.75) is 45.2 Å². The van der Waals surface area contributed by atoms with Crippen molar-refractivity contribution in [3.8, 4) is 6.07 Å². The number of nitrogens with zero attached hydrogens (tertiary/aromatic N) is 5. The summed E-state index contributed by atoms with van der Waals surface area (Å²) >= 11 is 0. The van der Waals surface area contributed by atoms with Crippen molar-refractivity contribution in [2.75, 3.05) is 30.4 Å². The van der Waals surface area contributed by atoms with Gasteiger partial charge in [0.05, 0.1) is 35.6 Å². The van der Waals surface area contributed by atoms with E-state index in [1.807, 2.05) is 40.0 Å². The average Bonchev–Trinajstić information content (AvgIpc) is 3.25. The third kappa shape index (κ3) is 3.80. The van der Waals surface area contributed by atoms with Gasteiger partial charge in [-0.25, -0.2) is 14.4 Å². The van der Waals surface area contributed by atoms with E-state index >= 15 is 0 Å². The van der Waals surface area contributed by atoms with Crippen molar-refractivity contribution in [1.82, 2.24) is 14.9 Å². The fourth-order valence-electron chi connectivity index (χ4n) is 5.61. The SMILES string of the molecule is Cc1nc(N[C@H](C)c2cccc(C#N)c2C)c2c(n1)[C@@]1(CCN(C)C1)C(=O)N(c1ccccc1F)C2. The third-order valence-electron chi connectivity index (χ3n) is 7.46. The summed E-state index contributed by atoms with van der Waals surface area (Å²) in [6.07, 6.45) is 0.606. The molecule has 2 aromatic carbocycles. The number of aryl methyl sites for hydroxylation is 1. The maximum Gasteiger partial charge on any atom is 0.241 e. The van der Waals surface area contributed by atoms with Crippen LogP contribution in [0.5, 0.6) is 0 Å². The molecule has 1 spiro atoms.